The van der Waals surface area contributed by atoms with E-state index >= 15 is 0 Å². The zero-order valence-corrected chi connectivity index (χ0v) is 21.1. The van der Waals surface area contributed by atoms with Crippen molar-refractivity contribution in [3.8, 4) is 0 Å². The summed E-state index contributed by atoms with van der Waals surface area (Å²) in [5.41, 5.74) is 2.38. The normalized spacial score (nSPS) is 16.2. The first-order valence-electron chi connectivity index (χ1n) is 11.8. The lowest BCUT2D eigenvalue weighted by atomic mass is 9.84. The van der Waals surface area contributed by atoms with Gasteiger partial charge in [0.1, 0.15) is 0 Å². The van der Waals surface area contributed by atoms with Gasteiger partial charge in [0.2, 0.25) is 10.0 Å². The number of nitrogens with zero attached hydrogens (tertiary/aromatic N) is 1. The zero-order valence-electron chi connectivity index (χ0n) is 19.6. The maximum absolute atomic E-state index is 11.7. The van der Waals surface area contributed by atoms with E-state index in [1.807, 2.05) is 24.3 Å². The molecule has 1 aliphatic rings. The standard InChI is InChI=1S/C25H36ClN3O3S/c1-20(2)33(31,32)28-17-5-3-4-16-27-23-10-12-24(13-11-23)29-18-14-25(30,15-19-29)21-6-8-22(26)9-7-21/h6-13,20,27-28,30H,3-5,14-19H2,1-2H3. The number of anilines is 2. The predicted octanol–water partition coefficient (Wildman–Crippen LogP) is 4.74. The minimum atomic E-state index is -3.16. The number of hydrogen-bond acceptors (Lipinski definition) is 5. The van der Waals surface area contributed by atoms with Crippen molar-refractivity contribution in [2.45, 2.75) is 56.8 Å². The van der Waals surface area contributed by atoms with Crippen LogP contribution in [0, 0.1) is 0 Å². The second-order valence-electron chi connectivity index (χ2n) is 9.05. The fraction of sp³-hybridized carbons (Fsp3) is 0.520. The van der Waals surface area contributed by atoms with Crippen LogP contribution in [0.15, 0.2) is 48.5 Å². The van der Waals surface area contributed by atoms with Gasteiger partial charge in [0, 0.05) is 42.6 Å². The quantitative estimate of drug-likeness (QED) is 0.394. The van der Waals surface area contributed by atoms with Crippen LogP contribution in [0.25, 0.3) is 0 Å². The van der Waals surface area contributed by atoms with E-state index in [0.29, 0.717) is 24.4 Å². The van der Waals surface area contributed by atoms with Crippen molar-refractivity contribution in [1.29, 1.82) is 0 Å². The summed E-state index contributed by atoms with van der Waals surface area (Å²) in [6.07, 6.45) is 4.16. The van der Waals surface area contributed by atoms with Crippen LogP contribution in [0.5, 0.6) is 0 Å². The Balaban J connectivity index is 1.37. The van der Waals surface area contributed by atoms with Gasteiger partial charge >= 0.3 is 0 Å². The summed E-state index contributed by atoms with van der Waals surface area (Å²) in [5, 5.41) is 14.8. The van der Waals surface area contributed by atoms with Crippen LogP contribution in [0.2, 0.25) is 5.02 Å². The molecule has 2 aromatic rings. The lowest BCUT2D eigenvalue weighted by molar-refractivity contribution is 0.0118. The topological polar surface area (TPSA) is 81.7 Å². The maximum atomic E-state index is 11.7. The molecular formula is C25H36ClN3O3S. The van der Waals surface area contributed by atoms with Gasteiger partial charge in [-0.15, -0.1) is 0 Å². The fourth-order valence-electron chi connectivity index (χ4n) is 4.01. The van der Waals surface area contributed by atoms with Gasteiger partial charge in [-0.3, -0.25) is 0 Å². The van der Waals surface area contributed by atoms with Crippen molar-refractivity contribution in [2.24, 2.45) is 0 Å². The number of halogens is 1. The monoisotopic (exact) mass is 493 g/mol. The number of unbranched alkanes of at least 4 members (excludes halogenated alkanes) is 2. The Hall–Kier alpha value is -1.80. The van der Waals surface area contributed by atoms with Crippen LogP contribution >= 0.6 is 11.6 Å². The van der Waals surface area contributed by atoms with Gasteiger partial charge in [-0.05, 0) is 81.5 Å². The van der Waals surface area contributed by atoms with Crippen LogP contribution in [0.1, 0.15) is 51.5 Å². The van der Waals surface area contributed by atoms with E-state index in [-0.39, 0.29) is 5.25 Å². The van der Waals surface area contributed by atoms with Crippen LogP contribution in [-0.4, -0.2) is 45.0 Å². The Morgan fingerprint density at radius 3 is 2.18 bits per heavy atom. The highest BCUT2D eigenvalue weighted by Crippen LogP contribution is 2.35. The van der Waals surface area contributed by atoms with Crippen molar-refractivity contribution in [3.05, 3.63) is 59.1 Å². The molecule has 8 heteroatoms. The third-order valence-corrected chi connectivity index (χ3v) is 8.41. The van der Waals surface area contributed by atoms with Crippen molar-refractivity contribution in [2.75, 3.05) is 36.4 Å². The molecule has 0 saturated carbocycles. The third kappa shape index (κ3) is 7.34. The largest absolute Gasteiger partial charge is 0.385 e. The lowest BCUT2D eigenvalue weighted by Gasteiger charge is -2.39. The van der Waals surface area contributed by atoms with Crippen molar-refractivity contribution >= 4 is 33.0 Å². The average molecular weight is 494 g/mol. The Morgan fingerprint density at radius 1 is 0.970 bits per heavy atom. The Labute approximate surface area is 203 Å². The molecule has 6 nitrogen and oxygen atoms in total. The Bertz CT molecular complexity index is 971. The van der Waals surface area contributed by atoms with Crippen molar-refractivity contribution in [1.82, 2.24) is 4.72 Å². The van der Waals surface area contributed by atoms with E-state index in [2.05, 4.69) is 39.2 Å². The molecule has 0 atom stereocenters. The van der Waals surface area contributed by atoms with E-state index in [1.54, 1.807) is 13.8 Å². The highest BCUT2D eigenvalue weighted by molar-refractivity contribution is 7.90. The van der Waals surface area contributed by atoms with Crippen molar-refractivity contribution in [3.63, 3.8) is 0 Å². The summed E-state index contributed by atoms with van der Waals surface area (Å²) < 4.78 is 26.1. The summed E-state index contributed by atoms with van der Waals surface area (Å²) in [5.74, 6) is 0. The van der Waals surface area contributed by atoms with Gasteiger partial charge in [0.25, 0.3) is 0 Å². The van der Waals surface area contributed by atoms with Crippen LogP contribution in [0.3, 0.4) is 0 Å². The third-order valence-electron chi connectivity index (χ3n) is 6.31. The van der Waals surface area contributed by atoms with Gasteiger partial charge in [0.15, 0.2) is 0 Å². The molecule has 0 radical (unpaired) electrons. The second-order valence-corrected chi connectivity index (χ2v) is 11.8. The van der Waals surface area contributed by atoms with E-state index in [4.69, 9.17) is 11.6 Å². The Kier molecular flexibility index (Phi) is 9.04. The SMILES string of the molecule is CC(C)S(=O)(=O)NCCCCCNc1ccc(N2CCC(O)(c3ccc(Cl)cc3)CC2)cc1. The van der Waals surface area contributed by atoms with E-state index < -0.39 is 15.6 Å². The molecule has 1 aliphatic heterocycles. The lowest BCUT2D eigenvalue weighted by Crippen LogP contribution is -2.42. The predicted molar refractivity (Wildman–Crippen MR) is 138 cm³/mol. The summed E-state index contributed by atoms with van der Waals surface area (Å²) >= 11 is 5.98. The fourth-order valence-corrected chi connectivity index (χ4v) is 4.90. The summed E-state index contributed by atoms with van der Waals surface area (Å²) in [6.45, 7) is 6.32. The molecule has 0 bridgehead atoms. The molecule has 0 aliphatic carbocycles. The molecule has 0 aromatic heterocycles. The van der Waals surface area contributed by atoms with Gasteiger partial charge < -0.3 is 15.3 Å². The first-order valence-corrected chi connectivity index (χ1v) is 13.7. The molecule has 0 unspecified atom stereocenters. The van der Waals surface area contributed by atoms with Gasteiger partial charge in [-0.2, -0.15) is 0 Å². The second kappa shape index (κ2) is 11.6. The molecule has 3 N–H and O–H groups in total. The van der Waals surface area contributed by atoms with Gasteiger partial charge in [0.05, 0.1) is 10.9 Å². The Morgan fingerprint density at radius 2 is 1.58 bits per heavy atom. The molecule has 2 aromatic carbocycles. The van der Waals surface area contributed by atoms with Crippen LogP contribution < -0.4 is 14.9 Å². The van der Waals surface area contributed by atoms with E-state index in [0.717, 1.165) is 55.8 Å². The van der Waals surface area contributed by atoms with Crippen molar-refractivity contribution < 1.29 is 13.5 Å². The van der Waals surface area contributed by atoms with Gasteiger partial charge in [-0.1, -0.05) is 30.2 Å². The van der Waals surface area contributed by atoms with Crippen LogP contribution in [-0.2, 0) is 15.6 Å². The van der Waals surface area contributed by atoms with E-state index in [9.17, 15) is 13.5 Å². The highest BCUT2D eigenvalue weighted by Gasteiger charge is 2.34. The molecule has 182 valence electrons. The highest BCUT2D eigenvalue weighted by atomic mass is 35.5. The number of nitrogens with one attached hydrogen (secondary N) is 2. The number of aliphatic hydroxyl groups is 1. The number of hydrogen-bond donors (Lipinski definition) is 3. The smallest absolute Gasteiger partial charge is 0.213 e. The van der Waals surface area contributed by atoms with E-state index in [1.165, 1.54) is 0 Å². The summed E-state index contributed by atoms with van der Waals surface area (Å²) in [6, 6.07) is 15.9. The molecule has 0 spiro atoms. The molecule has 1 heterocycles. The first-order chi connectivity index (χ1) is 15.7. The number of rotatable bonds is 11. The molecule has 1 saturated heterocycles. The molecule has 0 amide bonds. The minimum Gasteiger partial charge on any atom is -0.385 e. The zero-order chi connectivity index (χ0) is 23.9. The van der Waals surface area contributed by atoms with Gasteiger partial charge in [-0.25, -0.2) is 13.1 Å². The summed E-state index contributed by atoms with van der Waals surface area (Å²) in [7, 11) is -3.16. The molecular weight excluding hydrogens is 458 g/mol. The number of benzene rings is 2. The maximum Gasteiger partial charge on any atom is 0.213 e. The number of piperidine rings is 1. The summed E-state index contributed by atoms with van der Waals surface area (Å²) in [4.78, 5) is 2.31. The first kappa shape index (κ1) is 25.8. The number of sulfonamides is 1. The average Bonchev–Trinajstić information content (AvgIpc) is 2.79. The van der Waals surface area contributed by atoms with Crippen LogP contribution in [0.4, 0.5) is 11.4 Å². The molecule has 3 rings (SSSR count). The molecule has 33 heavy (non-hydrogen) atoms. The minimum absolute atomic E-state index is 0.387. The molecule has 1 fully saturated rings.